The van der Waals surface area contributed by atoms with Gasteiger partial charge in [-0.3, -0.25) is 4.79 Å². The summed E-state index contributed by atoms with van der Waals surface area (Å²) in [6.45, 7) is 3.89. The smallest absolute Gasteiger partial charge is 0.226 e. The number of nitrogens with zero attached hydrogens (tertiary/aromatic N) is 2. The van der Waals surface area contributed by atoms with Gasteiger partial charge in [-0.05, 0) is 52.9 Å². The van der Waals surface area contributed by atoms with Gasteiger partial charge in [-0.25, -0.2) is 0 Å². The van der Waals surface area contributed by atoms with E-state index >= 15 is 0 Å². The predicted molar refractivity (Wildman–Crippen MR) is 85.4 cm³/mol. The molecule has 0 aromatic heterocycles. The summed E-state index contributed by atoms with van der Waals surface area (Å²) in [6, 6.07) is 0.516. The Kier molecular flexibility index (Phi) is 7.85. The van der Waals surface area contributed by atoms with Gasteiger partial charge in [-0.15, -0.1) is 12.4 Å². The molecule has 1 saturated heterocycles. The van der Waals surface area contributed by atoms with Crippen molar-refractivity contribution in [2.45, 2.75) is 44.6 Å². The van der Waals surface area contributed by atoms with Crippen molar-refractivity contribution >= 4 is 18.3 Å². The third-order valence-corrected chi connectivity index (χ3v) is 4.53. The molecule has 0 atom stereocenters. The highest BCUT2D eigenvalue weighted by Crippen LogP contribution is 2.26. The molecule has 2 fully saturated rings. The summed E-state index contributed by atoms with van der Waals surface area (Å²) >= 11 is 0. The summed E-state index contributed by atoms with van der Waals surface area (Å²) in [5.74, 6) is 0.694. The summed E-state index contributed by atoms with van der Waals surface area (Å²) in [7, 11) is 4.17. The highest BCUT2D eigenvalue weighted by molar-refractivity contribution is 5.85. The second-order valence-electron chi connectivity index (χ2n) is 6.30. The summed E-state index contributed by atoms with van der Waals surface area (Å²) in [6.07, 6.45) is 7.05. The second-order valence-corrected chi connectivity index (χ2v) is 6.30. The molecule has 1 aliphatic carbocycles. The van der Waals surface area contributed by atoms with Crippen molar-refractivity contribution in [3.8, 4) is 0 Å². The van der Waals surface area contributed by atoms with Gasteiger partial charge >= 0.3 is 0 Å². The maximum absolute atomic E-state index is 12.8. The van der Waals surface area contributed by atoms with Crippen LogP contribution in [-0.4, -0.2) is 62.0 Å². The zero-order valence-electron chi connectivity index (χ0n) is 12.9. The molecule has 0 aromatic rings. The third-order valence-electron chi connectivity index (χ3n) is 4.53. The number of carbonyl (C=O) groups is 1. The van der Waals surface area contributed by atoms with Crippen LogP contribution in [0.5, 0.6) is 0 Å². The Balaban J connectivity index is 0.00000200. The van der Waals surface area contributed by atoms with Crippen LogP contribution in [0.3, 0.4) is 0 Å². The van der Waals surface area contributed by atoms with Gasteiger partial charge in [0.25, 0.3) is 0 Å². The molecule has 0 unspecified atom stereocenters. The molecular weight excluding hydrogens is 274 g/mol. The van der Waals surface area contributed by atoms with E-state index in [0.717, 1.165) is 39.0 Å². The fourth-order valence-corrected chi connectivity index (χ4v) is 3.30. The van der Waals surface area contributed by atoms with Crippen molar-refractivity contribution < 1.29 is 4.79 Å². The van der Waals surface area contributed by atoms with Crippen LogP contribution in [0.15, 0.2) is 0 Å². The lowest BCUT2D eigenvalue weighted by Gasteiger charge is -2.34. The quantitative estimate of drug-likeness (QED) is 0.840. The first kappa shape index (κ1) is 17.7. The first-order valence-electron chi connectivity index (χ1n) is 7.84. The van der Waals surface area contributed by atoms with E-state index in [9.17, 15) is 4.79 Å². The third kappa shape index (κ3) is 4.90. The fraction of sp³-hybridized carbons (Fsp3) is 0.933. The van der Waals surface area contributed by atoms with Crippen molar-refractivity contribution in [1.29, 1.82) is 0 Å². The molecule has 2 aliphatic rings. The van der Waals surface area contributed by atoms with Crippen LogP contribution in [0.4, 0.5) is 0 Å². The van der Waals surface area contributed by atoms with E-state index < -0.39 is 0 Å². The molecule has 1 amide bonds. The first-order chi connectivity index (χ1) is 9.18. The number of rotatable bonds is 5. The first-order valence-corrected chi connectivity index (χ1v) is 7.84. The van der Waals surface area contributed by atoms with Crippen molar-refractivity contribution in [2.24, 2.45) is 5.92 Å². The van der Waals surface area contributed by atoms with Crippen molar-refractivity contribution in [2.75, 3.05) is 40.3 Å². The van der Waals surface area contributed by atoms with Crippen LogP contribution < -0.4 is 5.32 Å². The van der Waals surface area contributed by atoms with Crippen molar-refractivity contribution in [3.05, 3.63) is 0 Å². The molecule has 1 aliphatic heterocycles. The summed E-state index contributed by atoms with van der Waals surface area (Å²) in [5.41, 5.74) is 0. The number of hydrogen-bond acceptors (Lipinski definition) is 3. The van der Waals surface area contributed by atoms with Gasteiger partial charge in [0.2, 0.25) is 5.91 Å². The molecule has 1 N–H and O–H groups in total. The van der Waals surface area contributed by atoms with Crippen LogP contribution >= 0.6 is 12.4 Å². The minimum absolute atomic E-state index is 0. The van der Waals surface area contributed by atoms with Crippen LogP contribution in [0.2, 0.25) is 0 Å². The van der Waals surface area contributed by atoms with E-state index in [0.29, 0.717) is 11.9 Å². The lowest BCUT2D eigenvalue weighted by atomic mass is 9.95. The second kappa shape index (κ2) is 8.85. The average molecular weight is 304 g/mol. The average Bonchev–Trinajstić information content (AvgIpc) is 2.93. The Morgan fingerprint density at radius 1 is 1.05 bits per heavy atom. The lowest BCUT2D eigenvalue weighted by Crippen LogP contribution is -2.47. The molecule has 2 rings (SSSR count). The van der Waals surface area contributed by atoms with Gasteiger partial charge < -0.3 is 15.1 Å². The normalized spacial score (nSPS) is 20.9. The van der Waals surface area contributed by atoms with Gasteiger partial charge in [0.15, 0.2) is 0 Å². The monoisotopic (exact) mass is 303 g/mol. The number of piperidine rings is 1. The maximum atomic E-state index is 12.8. The fourth-order valence-electron chi connectivity index (χ4n) is 3.30. The van der Waals surface area contributed by atoms with E-state index in [1.54, 1.807) is 0 Å². The summed E-state index contributed by atoms with van der Waals surface area (Å²) in [4.78, 5) is 17.2. The SMILES string of the molecule is CN(C)CCN(C(=O)C1CCNCC1)C1CCCC1.Cl. The molecule has 0 spiro atoms. The largest absolute Gasteiger partial charge is 0.338 e. The number of halogens is 1. The summed E-state index contributed by atoms with van der Waals surface area (Å²) < 4.78 is 0. The zero-order valence-corrected chi connectivity index (χ0v) is 13.8. The highest BCUT2D eigenvalue weighted by atomic mass is 35.5. The molecule has 5 heteroatoms. The van der Waals surface area contributed by atoms with Crippen molar-refractivity contribution in [3.63, 3.8) is 0 Å². The van der Waals surface area contributed by atoms with Gasteiger partial charge in [-0.1, -0.05) is 12.8 Å². The van der Waals surface area contributed by atoms with Gasteiger partial charge in [-0.2, -0.15) is 0 Å². The molecule has 1 saturated carbocycles. The topological polar surface area (TPSA) is 35.6 Å². The van der Waals surface area contributed by atoms with E-state index in [1.807, 2.05) is 0 Å². The van der Waals surface area contributed by atoms with Crippen LogP contribution in [-0.2, 0) is 4.79 Å². The van der Waals surface area contributed by atoms with E-state index in [-0.39, 0.29) is 18.3 Å². The molecule has 0 bridgehead atoms. The van der Waals surface area contributed by atoms with Gasteiger partial charge in [0.1, 0.15) is 0 Å². The number of carbonyl (C=O) groups excluding carboxylic acids is 1. The molecule has 0 radical (unpaired) electrons. The van der Waals surface area contributed by atoms with E-state index in [4.69, 9.17) is 0 Å². The Morgan fingerprint density at radius 2 is 1.65 bits per heavy atom. The number of likely N-dealkylation sites (N-methyl/N-ethyl adjacent to an activating group) is 1. The van der Waals surface area contributed by atoms with Crippen molar-refractivity contribution in [1.82, 2.24) is 15.1 Å². The Labute approximate surface area is 129 Å². The number of amides is 1. The molecule has 20 heavy (non-hydrogen) atoms. The molecule has 0 aromatic carbocycles. The number of hydrogen-bond donors (Lipinski definition) is 1. The number of nitrogens with one attached hydrogen (secondary N) is 1. The standard InChI is InChI=1S/C15H29N3O.ClH/c1-17(2)11-12-18(14-5-3-4-6-14)15(19)13-7-9-16-10-8-13;/h13-14,16H,3-12H2,1-2H3;1H. The lowest BCUT2D eigenvalue weighted by molar-refractivity contribution is -0.138. The maximum Gasteiger partial charge on any atom is 0.226 e. The van der Waals surface area contributed by atoms with Gasteiger partial charge in [0.05, 0.1) is 0 Å². The molecule has 118 valence electrons. The van der Waals surface area contributed by atoms with E-state index in [2.05, 4.69) is 29.2 Å². The highest BCUT2D eigenvalue weighted by Gasteiger charge is 2.31. The minimum Gasteiger partial charge on any atom is -0.338 e. The summed E-state index contributed by atoms with van der Waals surface area (Å²) in [5, 5.41) is 3.35. The minimum atomic E-state index is 0. The van der Waals surface area contributed by atoms with E-state index in [1.165, 1.54) is 25.7 Å². The predicted octanol–water partition coefficient (Wildman–Crippen LogP) is 1.74. The van der Waals surface area contributed by atoms with Gasteiger partial charge in [0, 0.05) is 25.0 Å². The van der Waals surface area contributed by atoms with Crippen LogP contribution in [0.1, 0.15) is 38.5 Å². The Morgan fingerprint density at radius 3 is 2.20 bits per heavy atom. The van der Waals surface area contributed by atoms with Crippen LogP contribution in [0.25, 0.3) is 0 Å². The van der Waals surface area contributed by atoms with Crippen LogP contribution in [0, 0.1) is 5.92 Å². The Bertz CT molecular complexity index is 287. The molecular formula is C15H30ClN3O. The molecule has 1 heterocycles. The zero-order chi connectivity index (χ0) is 13.7. The molecule has 4 nitrogen and oxygen atoms in total. The Hall–Kier alpha value is -0.320.